The fourth-order valence-corrected chi connectivity index (χ4v) is 4.23. The molecule has 0 N–H and O–H groups in total. The molecule has 0 unspecified atom stereocenters. The molecule has 0 spiro atoms. The van der Waals surface area contributed by atoms with Gasteiger partial charge in [0.05, 0.1) is 15.6 Å². The minimum atomic E-state index is 0.819. The van der Waals surface area contributed by atoms with Gasteiger partial charge in [-0.2, -0.15) is 0 Å². The predicted octanol–water partition coefficient (Wildman–Crippen LogP) is 5.55. The third-order valence-corrected chi connectivity index (χ3v) is 5.41. The number of rotatable bonds is 3. The number of halogens is 1. The van der Waals surface area contributed by atoms with Gasteiger partial charge in [0.25, 0.3) is 0 Å². The Labute approximate surface area is 144 Å². The minimum Gasteiger partial charge on any atom is -0.350 e. The van der Waals surface area contributed by atoms with Crippen LogP contribution in [0.4, 0.5) is 0 Å². The van der Waals surface area contributed by atoms with Crippen molar-refractivity contribution in [2.45, 2.75) is 6.42 Å². The summed E-state index contributed by atoms with van der Waals surface area (Å²) in [5.41, 5.74) is 3.47. The van der Waals surface area contributed by atoms with Crippen LogP contribution in [-0.4, -0.2) is 9.55 Å². The number of benzene rings is 1. The molecule has 4 aromatic rings. The zero-order valence-corrected chi connectivity index (χ0v) is 14.2. The fraction of sp³-hybridized carbons (Fsp3) is 0.105. The molecular weight excluding hydrogens is 324 g/mol. The van der Waals surface area contributed by atoms with Gasteiger partial charge in [-0.25, -0.2) is 0 Å². The van der Waals surface area contributed by atoms with Gasteiger partial charge in [-0.15, -0.1) is 11.3 Å². The van der Waals surface area contributed by atoms with E-state index in [4.69, 9.17) is 11.6 Å². The summed E-state index contributed by atoms with van der Waals surface area (Å²) in [4.78, 5) is 6.94. The average molecular weight is 339 g/mol. The smallest absolute Gasteiger partial charge is 0.0801 e. The molecule has 0 aliphatic carbocycles. The van der Waals surface area contributed by atoms with E-state index < -0.39 is 0 Å². The third-order valence-electron chi connectivity index (χ3n) is 3.99. The van der Waals surface area contributed by atoms with E-state index >= 15 is 0 Å². The van der Waals surface area contributed by atoms with Gasteiger partial charge in [0.1, 0.15) is 0 Å². The van der Waals surface area contributed by atoms with Gasteiger partial charge in [0.2, 0.25) is 0 Å². The molecule has 4 heteroatoms. The molecule has 0 radical (unpaired) electrons. The SMILES string of the molecule is Cn1cc(Cc2ccc(-c3ccccn3)s2)c2c(Cl)cccc21. The highest BCUT2D eigenvalue weighted by atomic mass is 35.5. The lowest BCUT2D eigenvalue weighted by Crippen LogP contribution is -1.83. The van der Waals surface area contributed by atoms with Gasteiger partial charge in [-0.3, -0.25) is 4.98 Å². The summed E-state index contributed by atoms with van der Waals surface area (Å²) < 4.78 is 2.14. The van der Waals surface area contributed by atoms with Crippen LogP contribution in [0.1, 0.15) is 10.4 Å². The third kappa shape index (κ3) is 2.67. The lowest BCUT2D eigenvalue weighted by Gasteiger charge is -1.99. The van der Waals surface area contributed by atoms with E-state index in [2.05, 4.69) is 41.0 Å². The number of pyridine rings is 1. The standard InChI is InChI=1S/C19H15ClN2S/c1-22-12-13(19-15(20)5-4-7-17(19)22)11-14-8-9-18(23-14)16-6-2-3-10-21-16/h2-10,12H,11H2,1H3. The van der Waals surface area contributed by atoms with Crippen molar-refractivity contribution >= 4 is 33.8 Å². The second-order valence-corrected chi connectivity index (χ2v) is 7.13. The monoisotopic (exact) mass is 338 g/mol. The molecule has 1 aromatic carbocycles. The summed E-state index contributed by atoms with van der Waals surface area (Å²) in [5.74, 6) is 0. The lowest BCUT2D eigenvalue weighted by molar-refractivity contribution is 0.959. The number of nitrogens with zero attached hydrogens (tertiary/aromatic N) is 2. The predicted molar refractivity (Wildman–Crippen MR) is 98.3 cm³/mol. The van der Waals surface area contributed by atoms with E-state index in [9.17, 15) is 0 Å². The summed E-state index contributed by atoms with van der Waals surface area (Å²) in [6.45, 7) is 0. The average Bonchev–Trinajstić information content (AvgIpc) is 3.15. The van der Waals surface area contributed by atoms with Crippen LogP contribution in [0.3, 0.4) is 0 Å². The Balaban J connectivity index is 1.71. The highest BCUT2D eigenvalue weighted by molar-refractivity contribution is 7.15. The molecule has 2 nitrogen and oxygen atoms in total. The Hall–Kier alpha value is -2.10. The number of aryl methyl sites for hydroxylation is 1. The Morgan fingerprint density at radius 2 is 2.00 bits per heavy atom. The van der Waals surface area contributed by atoms with Gasteiger partial charge in [-0.1, -0.05) is 23.7 Å². The highest BCUT2D eigenvalue weighted by Crippen LogP contribution is 2.33. The molecule has 0 aliphatic heterocycles. The summed E-state index contributed by atoms with van der Waals surface area (Å²) in [5, 5.41) is 1.98. The molecule has 23 heavy (non-hydrogen) atoms. The summed E-state index contributed by atoms with van der Waals surface area (Å²) >= 11 is 8.21. The maximum absolute atomic E-state index is 6.42. The van der Waals surface area contributed by atoms with Crippen molar-refractivity contribution in [3.63, 3.8) is 0 Å². The van der Waals surface area contributed by atoms with E-state index in [1.54, 1.807) is 11.3 Å². The number of hydrogen-bond acceptors (Lipinski definition) is 2. The first-order valence-corrected chi connectivity index (χ1v) is 8.64. The topological polar surface area (TPSA) is 17.8 Å². The molecule has 0 amide bonds. The van der Waals surface area contributed by atoms with Gasteiger partial charge in [-0.05, 0) is 42.0 Å². The first-order chi connectivity index (χ1) is 11.2. The number of thiophene rings is 1. The maximum atomic E-state index is 6.42. The molecule has 0 aliphatic rings. The minimum absolute atomic E-state index is 0.819. The quantitative estimate of drug-likeness (QED) is 0.479. The maximum Gasteiger partial charge on any atom is 0.0801 e. The normalized spacial score (nSPS) is 11.2. The van der Waals surface area contributed by atoms with Crippen molar-refractivity contribution in [3.8, 4) is 10.6 Å². The molecule has 0 atom stereocenters. The van der Waals surface area contributed by atoms with E-state index in [1.165, 1.54) is 20.8 Å². The van der Waals surface area contributed by atoms with Gasteiger partial charge < -0.3 is 4.57 Å². The largest absolute Gasteiger partial charge is 0.350 e. The molecule has 0 saturated carbocycles. The van der Waals surface area contributed by atoms with Crippen molar-refractivity contribution < 1.29 is 0 Å². The Bertz CT molecular complexity index is 970. The van der Waals surface area contributed by atoms with Gasteiger partial charge in [0.15, 0.2) is 0 Å². The van der Waals surface area contributed by atoms with Crippen LogP contribution in [0.25, 0.3) is 21.5 Å². The van der Waals surface area contributed by atoms with Crippen molar-refractivity contribution in [2.75, 3.05) is 0 Å². The summed E-state index contributed by atoms with van der Waals surface area (Å²) in [7, 11) is 2.07. The Kier molecular flexibility index (Phi) is 3.68. The van der Waals surface area contributed by atoms with Gasteiger partial charge in [0, 0.05) is 41.6 Å². The van der Waals surface area contributed by atoms with E-state index in [0.29, 0.717) is 0 Å². The van der Waals surface area contributed by atoms with Crippen LogP contribution < -0.4 is 0 Å². The lowest BCUT2D eigenvalue weighted by atomic mass is 10.1. The van der Waals surface area contributed by atoms with Crippen LogP contribution in [0.15, 0.2) is 60.9 Å². The summed E-state index contributed by atoms with van der Waals surface area (Å²) in [6, 6.07) is 16.4. The van der Waals surface area contributed by atoms with Crippen molar-refractivity contribution in [3.05, 3.63) is 76.4 Å². The van der Waals surface area contributed by atoms with E-state index in [0.717, 1.165) is 22.5 Å². The van der Waals surface area contributed by atoms with Gasteiger partial charge >= 0.3 is 0 Å². The second kappa shape index (κ2) is 5.84. The van der Waals surface area contributed by atoms with Crippen molar-refractivity contribution in [2.24, 2.45) is 7.05 Å². The highest BCUT2D eigenvalue weighted by Gasteiger charge is 2.12. The first kappa shape index (κ1) is 14.5. The van der Waals surface area contributed by atoms with Crippen LogP contribution in [0.5, 0.6) is 0 Å². The number of aromatic nitrogens is 2. The molecule has 4 rings (SSSR count). The van der Waals surface area contributed by atoms with Crippen LogP contribution in [-0.2, 0) is 13.5 Å². The van der Waals surface area contributed by atoms with Crippen LogP contribution >= 0.6 is 22.9 Å². The van der Waals surface area contributed by atoms with Crippen LogP contribution in [0, 0.1) is 0 Å². The Morgan fingerprint density at radius 1 is 1.09 bits per heavy atom. The van der Waals surface area contributed by atoms with Crippen molar-refractivity contribution in [1.29, 1.82) is 0 Å². The number of fused-ring (bicyclic) bond motifs is 1. The fourth-order valence-electron chi connectivity index (χ4n) is 2.93. The molecule has 0 fully saturated rings. The van der Waals surface area contributed by atoms with Crippen molar-refractivity contribution in [1.82, 2.24) is 9.55 Å². The zero-order valence-electron chi connectivity index (χ0n) is 12.7. The Morgan fingerprint density at radius 3 is 2.83 bits per heavy atom. The zero-order chi connectivity index (χ0) is 15.8. The number of hydrogen-bond donors (Lipinski definition) is 0. The molecule has 0 saturated heterocycles. The molecular formula is C19H15ClN2S. The van der Waals surface area contributed by atoms with Crippen LogP contribution in [0.2, 0.25) is 5.02 Å². The molecule has 3 heterocycles. The summed E-state index contributed by atoms with van der Waals surface area (Å²) in [6.07, 6.45) is 4.90. The second-order valence-electron chi connectivity index (χ2n) is 5.56. The first-order valence-electron chi connectivity index (χ1n) is 7.45. The molecule has 0 bridgehead atoms. The van der Waals surface area contributed by atoms with E-state index in [-0.39, 0.29) is 0 Å². The molecule has 114 valence electrons. The van der Waals surface area contributed by atoms with E-state index in [1.807, 2.05) is 36.5 Å². The molecule has 3 aromatic heterocycles.